The first-order valence-corrected chi connectivity index (χ1v) is 7.05. The number of fused-ring (bicyclic) bond motifs is 1. The standard InChI is InChI=1S/C9H13NO6S/c10-9(8(11)12)2-17(13,14)7-4(6(7)9)1-5-15-3-16-5/h4-7H,1-3,10H2,(H,11,12)/t4-,6-,7+,9+/m1/s1. The van der Waals surface area contributed by atoms with Crippen LogP contribution >= 0.6 is 0 Å². The Balaban J connectivity index is 1.82. The van der Waals surface area contributed by atoms with Crippen molar-refractivity contribution in [3.05, 3.63) is 0 Å². The largest absolute Gasteiger partial charge is 0.480 e. The Hall–Kier alpha value is -0.700. The molecule has 0 amide bonds. The van der Waals surface area contributed by atoms with Crippen molar-refractivity contribution in [3.8, 4) is 0 Å². The van der Waals surface area contributed by atoms with Gasteiger partial charge in [-0.25, -0.2) is 8.42 Å². The Morgan fingerprint density at radius 1 is 1.47 bits per heavy atom. The molecule has 2 saturated heterocycles. The van der Waals surface area contributed by atoms with Crippen molar-refractivity contribution < 1.29 is 27.8 Å². The minimum Gasteiger partial charge on any atom is -0.480 e. The molecular weight excluding hydrogens is 250 g/mol. The van der Waals surface area contributed by atoms with Crippen LogP contribution in [0.25, 0.3) is 0 Å². The molecule has 1 aliphatic carbocycles. The molecule has 0 spiro atoms. The van der Waals surface area contributed by atoms with E-state index in [-0.39, 0.29) is 12.7 Å². The average Bonchev–Trinajstić information content (AvgIpc) is 2.80. The molecule has 3 rings (SSSR count). The van der Waals surface area contributed by atoms with Gasteiger partial charge in [0.2, 0.25) is 0 Å². The summed E-state index contributed by atoms with van der Waals surface area (Å²) in [5, 5.41) is 8.44. The summed E-state index contributed by atoms with van der Waals surface area (Å²) < 4.78 is 33.7. The highest BCUT2D eigenvalue weighted by atomic mass is 32.2. The van der Waals surface area contributed by atoms with Crippen LogP contribution in [0.2, 0.25) is 0 Å². The number of rotatable bonds is 3. The molecule has 3 N–H and O–H groups in total. The third-order valence-electron chi connectivity index (χ3n) is 3.92. The van der Waals surface area contributed by atoms with Gasteiger partial charge in [0.15, 0.2) is 22.9 Å². The van der Waals surface area contributed by atoms with Gasteiger partial charge in [0.25, 0.3) is 0 Å². The maximum absolute atomic E-state index is 11.8. The lowest BCUT2D eigenvalue weighted by Crippen LogP contribution is -2.53. The molecule has 1 saturated carbocycles. The van der Waals surface area contributed by atoms with E-state index in [9.17, 15) is 13.2 Å². The van der Waals surface area contributed by atoms with Crippen LogP contribution < -0.4 is 5.73 Å². The molecule has 0 aromatic heterocycles. The molecule has 3 fully saturated rings. The van der Waals surface area contributed by atoms with E-state index in [2.05, 4.69) is 0 Å². The van der Waals surface area contributed by atoms with Gasteiger partial charge in [-0.15, -0.1) is 0 Å². The van der Waals surface area contributed by atoms with E-state index in [1.54, 1.807) is 0 Å². The number of ether oxygens (including phenoxy) is 2. The number of hydrogen-bond acceptors (Lipinski definition) is 6. The highest BCUT2D eigenvalue weighted by Crippen LogP contribution is 2.59. The summed E-state index contributed by atoms with van der Waals surface area (Å²) in [6.07, 6.45) is -0.000283. The fraction of sp³-hybridized carbons (Fsp3) is 0.889. The quantitative estimate of drug-likeness (QED) is 0.638. The normalized spacial score (nSPS) is 47.2. The highest BCUT2D eigenvalue weighted by Gasteiger charge is 2.74. The highest BCUT2D eigenvalue weighted by molar-refractivity contribution is 7.92. The molecule has 7 nitrogen and oxygen atoms in total. The second kappa shape index (κ2) is 3.19. The topological polar surface area (TPSA) is 116 Å². The van der Waals surface area contributed by atoms with Gasteiger partial charge in [-0.3, -0.25) is 4.79 Å². The summed E-state index contributed by atoms with van der Waals surface area (Å²) in [4.78, 5) is 11.1. The molecule has 0 bridgehead atoms. The molecule has 0 aromatic carbocycles. The zero-order valence-corrected chi connectivity index (χ0v) is 9.72. The van der Waals surface area contributed by atoms with Gasteiger partial charge >= 0.3 is 5.97 Å². The molecule has 8 heteroatoms. The monoisotopic (exact) mass is 263 g/mol. The van der Waals surface area contributed by atoms with E-state index < -0.39 is 44.6 Å². The van der Waals surface area contributed by atoms with Crippen LogP contribution in [0.15, 0.2) is 0 Å². The van der Waals surface area contributed by atoms with E-state index in [1.165, 1.54) is 0 Å². The van der Waals surface area contributed by atoms with Gasteiger partial charge in [-0.1, -0.05) is 0 Å². The van der Waals surface area contributed by atoms with Crippen molar-refractivity contribution in [3.63, 3.8) is 0 Å². The van der Waals surface area contributed by atoms with E-state index in [0.29, 0.717) is 6.42 Å². The SMILES string of the molecule is N[C@@]1(C(=O)O)CS(=O)(=O)[C@H]2[C@H](CC3OCO3)[C@H]21. The van der Waals surface area contributed by atoms with Crippen LogP contribution in [-0.2, 0) is 24.1 Å². The summed E-state index contributed by atoms with van der Waals surface area (Å²) in [6, 6.07) is 0. The number of nitrogens with two attached hydrogens (primary N) is 1. The first kappa shape index (κ1) is 11.4. The summed E-state index contributed by atoms with van der Waals surface area (Å²) in [5.41, 5.74) is 4.09. The molecule has 4 atom stereocenters. The Bertz CT molecular complexity index is 472. The average molecular weight is 263 g/mol. The van der Waals surface area contributed by atoms with E-state index in [4.69, 9.17) is 20.3 Å². The summed E-state index contributed by atoms with van der Waals surface area (Å²) >= 11 is 0. The molecule has 2 aliphatic heterocycles. The fourth-order valence-corrected chi connectivity index (χ4v) is 5.83. The number of hydrogen-bond donors (Lipinski definition) is 2. The number of carboxylic acids is 1. The summed E-state index contributed by atoms with van der Waals surface area (Å²) in [5.74, 6) is -2.46. The number of carboxylic acid groups (broad SMARTS) is 1. The number of carbonyl (C=O) groups is 1. The Kier molecular flexibility index (Phi) is 2.14. The second-order valence-corrected chi connectivity index (χ2v) is 7.08. The van der Waals surface area contributed by atoms with Crippen LogP contribution in [-0.4, -0.2) is 49.1 Å². The first-order chi connectivity index (χ1) is 7.86. The third kappa shape index (κ3) is 1.44. The molecule has 17 heavy (non-hydrogen) atoms. The minimum atomic E-state index is -3.40. The Morgan fingerprint density at radius 2 is 2.12 bits per heavy atom. The second-order valence-electron chi connectivity index (χ2n) is 4.92. The first-order valence-electron chi connectivity index (χ1n) is 5.33. The molecule has 96 valence electrons. The molecule has 3 aliphatic rings. The van der Waals surface area contributed by atoms with Gasteiger partial charge in [0.05, 0.1) is 11.0 Å². The van der Waals surface area contributed by atoms with Crippen LogP contribution in [0.5, 0.6) is 0 Å². The van der Waals surface area contributed by atoms with Crippen molar-refractivity contribution in [1.29, 1.82) is 0 Å². The van der Waals surface area contributed by atoms with Crippen molar-refractivity contribution >= 4 is 15.8 Å². The lowest BCUT2D eigenvalue weighted by atomic mass is 9.95. The van der Waals surface area contributed by atoms with Gasteiger partial charge in [-0.05, 0) is 5.92 Å². The lowest BCUT2D eigenvalue weighted by molar-refractivity contribution is -0.323. The van der Waals surface area contributed by atoms with E-state index in [1.807, 2.05) is 0 Å². The number of aliphatic carboxylic acids is 1. The van der Waals surface area contributed by atoms with Crippen molar-refractivity contribution in [1.82, 2.24) is 0 Å². The van der Waals surface area contributed by atoms with Crippen LogP contribution in [0.3, 0.4) is 0 Å². The van der Waals surface area contributed by atoms with E-state index in [0.717, 1.165) is 0 Å². The Labute approximate surface area is 97.8 Å². The third-order valence-corrected chi connectivity index (χ3v) is 6.27. The van der Waals surface area contributed by atoms with Crippen molar-refractivity contribution in [2.75, 3.05) is 12.5 Å². The number of sulfone groups is 1. The molecule has 0 unspecified atom stereocenters. The molecule has 2 heterocycles. The van der Waals surface area contributed by atoms with Crippen molar-refractivity contribution in [2.24, 2.45) is 17.6 Å². The smallest absolute Gasteiger partial charge is 0.325 e. The molecular formula is C9H13NO6S. The van der Waals surface area contributed by atoms with Crippen LogP contribution in [0.4, 0.5) is 0 Å². The van der Waals surface area contributed by atoms with Gasteiger partial charge in [-0.2, -0.15) is 0 Å². The Morgan fingerprint density at radius 3 is 2.59 bits per heavy atom. The fourth-order valence-electron chi connectivity index (χ4n) is 3.04. The maximum Gasteiger partial charge on any atom is 0.325 e. The van der Waals surface area contributed by atoms with Gasteiger partial charge in [0.1, 0.15) is 5.54 Å². The minimum absolute atomic E-state index is 0.214. The van der Waals surface area contributed by atoms with Crippen LogP contribution in [0.1, 0.15) is 6.42 Å². The van der Waals surface area contributed by atoms with Gasteiger partial charge in [0, 0.05) is 12.3 Å². The predicted molar refractivity (Wildman–Crippen MR) is 54.6 cm³/mol. The van der Waals surface area contributed by atoms with E-state index >= 15 is 0 Å². The summed E-state index contributed by atoms with van der Waals surface area (Å²) in [7, 11) is -3.40. The molecule has 0 radical (unpaired) electrons. The zero-order chi connectivity index (χ0) is 12.4. The van der Waals surface area contributed by atoms with Gasteiger partial charge < -0.3 is 20.3 Å². The maximum atomic E-state index is 11.8. The van der Waals surface area contributed by atoms with Crippen LogP contribution in [0, 0.1) is 11.8 Å². The lowest BCUT2D eigenvalue weighted by Gasteiger charge is -2.28. The summed E-state index contributed by atoms with van der Waals surface area (Å²) in [6.45, 7) is 0.214. The van der Waals surface area contributed by atoms with Crippen molar-refractivity contribution in [2.45, 2.75) is 23.5 Å². The molecule has 0 aromatic rings. The zero-order valence-electron chi connectivity index (χ0n) is 8.90. The predicted octanol–water partition coefficient (Wildman–Crippen LogP) is -1.47.